The average Bonchev–Trinajstić information content (AvgIpc) is 2.74. The van der Waals surface area contributed by atoms with Crippen LogP contribution in [-0.4, -0.2) is 23.5 Å². The van der Waals surface area contributed by atoms with Gasteiger partial charge in [-0.2, -0.15) is 0 Å². The lowest BCUT2D eigenvalue weighted by Crippen LogP contribution is -2.36. The minimum atomic E-state index is -0.220. The van der Waals surface area contributed by atoms with Gasteiger partial charge < -0.3 is 11.1 Å². The molecule has 1 aliphatic heterocycles. The summed E-state index contributed by atoms with van der Waals surface area (Å²) in [4.78, 5) is 14.1. The lowest BCUT2D eigenvalue weighted by molar-refractivity contribution is -0.119. The molecule has 0 aliphatic carbocycles. The largest absolute Gasteiger partial charge is 0.368 e. The van der Waals surface area contributed by atoms with Crippen molar-refractivity contribution in [3.8, 4) is 0 Å². The Balaban J connectivity index is 0.000000146. The van der Waals surface area contributed by atoms with Gasteiger partial charge in [-0.1, -0.05) is 6.07 Å². The molecule has 76 valence electrons. The molecule has 1 aromatic heterocycles. The number of nitrogens with one attached hydrogen (secondary N) is 1. The first kappa shape index (κ1) is 10.7. The highest BCUT2D eigenvalue weighted by Crippen LogP contribution is 2.02. The van der Waals surface area contributed by atoms with Gasteiger partial charge in [0, 0.05) is 12.4 Å². The number of hydrogen-bond donors (Lipinski definition) is 2. The monoisotopic (exact) mass is 193 g/mol. The van der Waals surface area contributed by atoms with E-state index in [4.69, 9.17) is 5.73 Å². The summed E-state index contributed by atoms with van der Waals surface area (Å²) in [5.74, 6) is -0.220. The van der Waals surface area contributed by atoms with E-state index in [0.717, 1.165) is 19.4 Å². The molecule has 14 heavy (non-hydrogen) atoms. The summed E-state index contributed by atoms with van der Waals surface area (Å²) in [7, 11) is 0. The molecule has 1 aliphatic rings. The van der Waals surface area contributed by atoms with Gasteiger partial charge in [0.15, 0.2) is 0 Å². The first-order chi connectivity index (χ1) is 6.80. The number of primary amides is 1. The summed E-state index contributed by atoms with van der Waals surface area (Å²) < 4.78 is 0. The molecular weight excluding hydrogens is 178 g/mol. The molecule has 4 heteroatoms. The van der Waals surface area contributed by atoms with Crippen molar-refractivity contribution in [3.63, 3.8) is 0 Å². The predicted molar refractivity (Wildman–Crippen MR) is 54.5 cm³/mol. The maximum absolute atomic E-state index is 10.4. The highest BCUT2D eigenvalue weighted by Gasteiger charge is 2.18. The maximum Gasteiger partial charge on any atom is 0.234 e. The van der Waals surface area contributed by atoms with E-state index in [1.165, 1.54) is 0 Å². The second-order valence-corrected chi connectivity index (χ2v) is 3.08. The number of aromatic nitrogens is 1. The third-order valence-corrected chi connectivity index (χ3v) is 1.97. The number of pyridine rings is 1. The van der Waals surface area contributed by atoms with Crippen molar-refractivity contribution in [2.45, 2.75) is 18.9 Å². The van der Waals surface area contributed by atoms with Crippen LogP contribution in [0.25, 0.3) is 0 Å². The Bertz CT molecular complexity index is 231. The molecule has 1 atom stereocenters. The van der Waals surface area contributed by atoms with Gasteiger partial charge in [0.2, 0.25) is 5.91 Å². The Morgan fingerprint density at radius 3 is 2.29 bits per heavy atom. The van der Waals surface area contributed by atoms with E-state index in [1.54, 1.807) is 12.4 Å². The van der Waals surface area contributed by atoms with Crippen molar-refractivity contribution in [2.24, 2.45) is 5.73 Å². The first-order valence-electron chi connectivity index (χ1n) is 4.68. The van der Waals surface area contributed by atoms with Crippen LogP contribution in [0.1, 0.15) is 12.8 Å². The maximum atomic E-state index is 10.4. The van der Waals surface area contributed by atoms with Crippen LogP contribution >= 0.6 is 0 Å². The van der Waals surface area contributed by atoms with E-state index >= 15 is 0 Å². The number of carbonyl (C=O) groups excluding carboxylic acids is 1. The minimum Gasteiger partial charge on any atom is -0.368 e. The molecule has 0 radical (unpaired) electrons. The van der Waals surface area contributed by atoms with E-state index in [2.05, 4.69) is 10.3 Å². The lowest BCUT2D eigenvalue weighted by Gasteiger charge is -2.01. The molecule has 1 saturated heterocycles. The summed E-state index contributed by atoms with van der Waals surface area (Å²) in [6, 6.07) is 5.67. The molecule has 1 aromatic rings. The molecule has 2 heterocycles. The van der Waals surface area contributed by atoms with Gasteiger partial charge in [0.1, 0.15) is 0 Å². The Kier molecular flexibility index (Phi) is 4.64. The molecule has 0 aromatic carbocycles. The van der Waals surface area contributed by atoms with Crippen LogP contribution in [0.3, 0.4) is 0 Å². The number of nitrogens with zero attached hydrogens (tertiary/aromatic N) is 1. The van der Waals surface area contributed by atoms with Crippen molar-refractivity contribution in [3.05, 3.63) is 30.6 Å². The summed E-state index contributed by atoms with van der Waals surface area (Å²) >= 11 is 0. The van der Waals surface area contributed by atoms with Crippen LogP contribution in [0, 0.1) is 0 Å². The van der Waals surface area contributed by atoms with Crippen molar-refractivity contribution in [2.75, 3.05) is 6.54 Å². The van der Waals surface area contributed by atoms with Crippen LogP contribution in [0.2, 0.25) is 0 Å². The van der Waals surface area contributed by atoms with Gasteiger partial charge in [0.25, 0.3) is 0 Å². The highest BCUT2D eigenvalue weighted by atomic mass is 16.1. The van der Waals surface area contributed by atoms with Crippen molar-refractivity contribution < 1.29 is 4.79 Å². The van der Waals surface area contributed by atoms with Crippen molar-refractivity contribution in [1.29, 1.82) is 0 Å². The molecule has 0 bridgehead atoms. The smallest absolute Gasteiger partial charge is 0.234 e. The Hall–Kier alpha value is -1.42. The normalized spacial score (nSPS) is 19.6. The zero-order valence-corrected chi connectivity index (χ0v) is 8.02. The number of carbonyl (C=O) groups is 1. The predicted octanol–water partition coefficient (Wildman–Crippen LogP) is 0.305. The van der Waals surface area contributed by atoms with Gasteiger partial charge in [-0.3, -0.25) is 9.78 Å². The van der Waals surface area contributed by atoms with Crippen LogP contribution in [0.15, 0.2) is 30.6 Å². The molecule has 3 N–H and O–H groups in total. The van der Waals surface area contributed by atoms with E-state index in [0.29, 0.717) is 0 Å². The Labute approximate surface area is 83.5 Å². The number of nitrogens with two attached hydrogens (primary N) is 1. The minimum absolute atomic E-state index is 0.0463. The molecule has 4 nitrogen and oxygen atoms in total. The summed E-state index contributed by atoms with van der Waals surface area (Å²) in [5, 5.41) is 2.98. The van der Waals surface area contributed by atoms with Crippen LogP contribution in [-0.2, 0) is 4.79 Å². The Morgan fingerprint density at radius 2 is 2.07 bits per heavy atom. The van der Waals surface area contributed by atoms with Gasteiger partial charge in [-0.05, 0) is 31.5 Å². The van der Waals surface area contributed by atoms with Gasteiger partial charge in [-0.25, -0.2) is 0 Å². The third-order valence-electron chi connectivity index (χ3n) is 1.97. The molecule has 1 fully saturated rings. The number of amides is 1. The quantitative estimate of drug-likeness (QED) is 0.674. The molecule has 1 amide bonds. The zero-order valence-electron chi connectivity index (χ0n) is 8.02. The second kappa shape index (κ2) is 6.10. The Morgan fingerprint density at radius 1 is 1.36 bits per heavy atom. The highest BCUT2D eigenvalue weighted by molar-refractivity contribution is 5.80. The average molecular weight is 193 g/mol. The number of rotatable bonds is 1. The molecule has 0 spiro atoms. The second-order valence-electron chi connectivity index (χ2n) is 3.08. The summed E-state index contributed by atoms with van der Waals surface area (Å²) in [6.07, 6.45) is 5.49. The fourth-order valence-electron chi connectivity index (χ4n) is 1.24. The fourth-order valence-corrected chi connectivity index (χ4v) is 1.24. The lowest BCUT2D eigenvalue weighted by atomic mass is 10.2. The zero-order chi connectivity index (χ0) is 10.2. The van der Waals surface area contributed by atoms with Crippen LogP contribution < -0.4 is 11.1 Å². The first-order valence-corrected chi connectivity index (χ1v) is 4.68. The standard InChI is InChI=1S/C5H10N2O.C5H5N/c6-5(8)4-2-1-3-7-4;1-2-4-6-5-3-1/h4,7H,1-3H2,(H2,6,8);1-5H/t4-;/m0./s1. The molecule has 0 saturated carbocycles. The van der Waals surface area contributed by atoms with Gasteiger partial charge >= 0.3 is 0 Å². The van der Waals surface area contributed by atoms with Crippen LogP contribution in [0.4, 0.5) is 0 Å². The van der Waals surface area contributed by atoms with E-state index in [-0.39, 0.29) is 11.9 Å². The fraction of sp³-hybridized carbons (Fsp3) is 0.400. The number of hydrogen-bond acceptors (Lipinski definition) is 3. The SMILES string of the molecule is NC(=O)[C@@H]1CCCN1.c1ccncc1. The molecule has 2 rings (SSSR count). The van der Waals surface area contributed by atoms with E-state index < -0.39 is 0 Å². The van der Waals surface area contributed by atoms with Gasteiger partial charge in [-0.15, -0.1) is 0 Å². The topological polar surface area (TPSA) is 68.0 Å². The van der Waals surface area contributed by atoms with Crippen molar-refractivity contribution in [1.82, 2.24) is 10.3 Å². The van der Waals surface area contributed by atoms with E-state index in [9.17, 15) is 4.79 Å². The van der Waals surface area contributed by atoms with E-state index in [1.807, 2.05) is 18.2 Å². The van der Waals surface area contributed by atoms with Crippen molar-refractivity contribution >= 4 is 5.91 Å². The molecular formula is C10H15N3O. The van der Waals surface area contributed by atoms with Gasteiger partial charge in [0.05, 0.1) is 6.04 Å². The summed E-state index contributed by atoms with van der Waals surface area (Å²) in [6.45, 7) is 0.938. The van der Waals surface area contributed by atoms with Crippen LogP contribution in [0.5, 0.6) is 0 Å². The summed E-state index contributed by atoms with van der Waals surface area (Å²) in [5.41, 5.74) is 5.00. The third kappa shape index (κ3) is 4.00. The molecule has 0 unspecified atom stereocenters.